The third-order valence-corrected chi connectivity index (χ3v) is 9.27. The molecule has 5 rings (SSSR count). The Kier molecular flexibility index (Phi) is 7.36. The average molecular weight is 506 g/mol. The Bertz CT molecular complexity index is 1400. The van der Waals surface area contributed by atoms with E-state index in [0.29, 0.717) is 29.3 Å². The first-order chi connectivity index (χ1) is 16.5. The summed E-state index contributed by atoms with van der Waals surface area (Å²) >= 11 is 1.22. The van der Waals surface area contributed by atoms with Gasteiger partial charge in [-0.25, -0.2) is 13.4 Å². The highest BCUT2D eigenvalue weighted by Gasteiger charge is 2.37. The summed E-state index contributed by atoms with van der Waals surface area (Å²) in [7, 11) is -3.74. The fourth-order valence-corrected chi connectivity index (χ4v) is 7.13. The fraction of sp³-hybridized carbons (Fsp3) is 0.231. The molecule has 1 aliphatic heterocycles. The molecular formula is C26H27N5O2S2. The number of nitrogens with one attached hydrogen (secondary N) is 1. The minimum absolute atomic E-state index is 0. The first-order valence-corrected chi connectivity index (χ1v) is 13.2. The van der Waals surface area contributed by atoms with Crippen molar-refractivity contribution in [3.05, 3.63) is 101 Å². The molecule has 0 fully saturated rings. The Morgan fingerprint density at radius 2 is 1.97 bits per heavy atom. The van der Waals surface area contributed by atoms with Gasteiger partial charge in [0.15, 0.2) is 0 Å². The molecule has 9 heteroatoms. The van der Waals surface area contributed by atoms with Crippen LogP contribution in [0, 0.1) is 11.3 Å². The predicted molar refractivity (Wildman–Crippen MR) is 139 cm³/mol. The van der Waals surface area contributed by atoms with E-state index in [4.69, 9.17) is 0 Å². The largest absolute Gasteiger partial charge is 0.364 e. The Morgan fingerprint density at radius 3 is 2.66 bits per heavy atom. The highest BCUT2D eigenvalue weighted by atomic mass is 32.2. The third-order valence-electron chi connectivity index (χ3n) is 6.00. The van der Waals surface area contributed by atoms with Crippen LogP contribution in [-0.4, -0.2) is 35.3 Å². The van der Waals surface area contributed by atoms with Crippen molar-refractivity contribution in [1.82, 2.24) is 14.3 Å². The van der Waals surface area contributed by atoms with Crippen molar-refractivity contribution in [3.8, 4) is 6.07 Å². The van der Waals surface area contributed by atoms with Gasteiger partial charge in [0.2, 0.25) is 0 Å². The van der Waals surface area contributed by atoms with E-state index in [1.54, 1.807) is 46.5 Å². The Labute approximate surface area is 210 Å². The van der Waals surface area contributed by atoms with Crippen LogP contribution < -0.4 is 4.90 Å². The van der Waals surface area contributed by atoms with Gasteiger partial charge >= 0.3 is 0 Å². The molecule has 0 unspecified atom stereocenters. The van der Waals surface area contributed by atoms with Gasteiger partial charge in [-0.1, -0.05) is 43.8 Å². The maximum atomic E-state index is 13.8. The molecule has 0 bridgehead atoms. The zero-order valence-corrected chi connectivity index (χ0v) is 20.0. The Balaban J connectivity index is 0.00000289. The summed E-state index contributed by atoms with van der Waals surface area (Å²) in [5.41, 5.74) is 4.26. The molecule has 1 N–H and O–H groups in total. The summed E-state index contributed by atoms with van der Waals surface area (Å²) in [6, 6.07) is 20.8. The van der Waals surface area contributed by atoms with Crippen molar-refractivity contribution in [2.45, 2.75) is 37.2 Å². The normalized spacial score (nSPS) is 16.1. The minimum Gasteiger partial charge on any atom is -0.364 e. The topological polar surface area (TPSA) is 93.1 Å². The van der Waals surface area contributed by atoms with Gasteiger partial charge in [-0.05, 0) is 47.2 Å². The molecule has 3 heterocycles. The van der Waals surface area contributed by atoms with E-state index >= 15 is 0 Å². The van der Waals surface area contributed by atoms with Gasteiger partial charge in [0.05, 0.1) is 30.2 Å². The molecule has 4 aromatic rings. The smallest absolute Gasteiger partial charge is 0.253 e. The molecule has 0 radical (unpaired) electrons. The quantitative estimate of drug-likeness (QED) is 0.406. The van der Waals surface area contributed by atoms with E-state index < -0.39 is 10.0 Å². The van der Waals surface area contributed by atoms with E-state index in [9.17, 15) is 13.7 Å². The summed E-state index contributed by atoms with van der Waals surface area (Å²) in [4.78, 5) is 9.47. The van der Waals surface area contributed by atoms with Crippen molar-refractivity contribution in [2.75, 3.05) is 11.4 Å². The molecule has 7 nitrogen and oxygen atoms in total. The second-order valence-corrected chi connectivity index (χ2v) is 11.3. The van der Waals surface area contributed by atoms with Crippen LogP contribution >= 0.6 is 11.3 Å². The summed E-state index contributed by atoms with van der Waals surface area (Å²) in [5.74, 6) is 0. The van der Waals surface area contributed by atoms with Crippen LogP contribution in [-0.2, 0) is 29.5 Å². The highest BCUT2D eigenvalue weighted by Crippen LogP contribution is 2.34. The zero-order chi connectivity index (χ0) is 23.5. The molecule has 0 saturated heterocycles. The van der Waals surface area contributed by atoms with E-state index in [0.717, 1.165) is 22.5 Å². The predicted octanol–water partition coefficient (Wildman–Crippen LogP) is 4.80. The van der Waals surface area contributed by atoms with E-state index in [1.165, 1.54) is 11.3 Å². The maximum Gasteiger partial charge on any atom is 0.253 e. The van der Waals surface area contributed by atoms with E-state index in [-0.39, 0.29) is 20.0 Å². The molecular weight excluding hydrogens is 478 g/mol. The molecule has 0 amide bonds. The van der Waals surface area contributed by atoms with Crippen LogP contribution in [0.5, 0.6) is 0 Å². The number of sulfonamides is 1. The van der Waals surface area contributed by atoms with Gasteiger partial charge in [0.1, 0.15) is 4.21 Å². The number of nitriles is 1. The van der Waals surface area contributed by atoms with Gasteiger partial charge in [0, 0.05) is 31.0 Å². The minimum atomic E-state index is -3.74. The second kappa shape index (κ2) is 10.4. The SMILES string of the molecule is C.N#Cc1ccc2c(c1)CN(S(=O)(=O)c1cccs1)[C@H](Cc1ccccc1)CN2Cc1cnc[nH]1. The van der Waals surface area contributed by atoms with Crippen LogP contribution in [0.1, 0.15) is 29.8 Å². The summed E-state index contributed by atoms with van der Waals surface area (Å²) in [6.45, 7) is 1.25. The number of benzene rings is 2. The molecule has 180 valence electrons. The number of thiophene rings is 1. The molecule has 2 aromatic carbocycles. The van der Waals surface area contributed by atoms with Gasteiger partial charge in [-0.2, -0.15) is 9.57 Å². The van der Waals surface area contributed by atoms with E-state index in [2.05, 4.69) is 20.9 Å². The van der Waals surface area contributed by atoms with Crippen molar-refractivity contribution in [2.24, 2.45) is 0 Å². The molecule has 0 spiro atoms. The summed E-state index contributed by atoms with van der Waals surface area (Å²) < 4.78 is 29.6. The van der Waals surface area contributed by atoms with Crippen LogP contribution in [0.3, 0.4) is 0 Å². The van der Waals surface area contributed by atoms with Gasteiger partial charge in [-0.3, -0.25) is 0 Å². The van der Waals surface area contributed by atoms with Crippen LogP contribution in [0.25, 0.3) is 0 Å². The molecule has 35 heavy (non-hydrogen) atoms. The number of hydrogen-bond acceptors (Lipinski definition) is 6. The van der Waals surface area contributed by atoms with Gasteiger partial charge in [0.25, 0.3) is 10.0 Å². The van der Waals surface area contributed by atoms with Gasteiger partial charge in [-0.15, -0.1) is 11.3 Å². The second-order valence-electron chi connectivity index (χ2n) is 8.24. The average Bonchev–Trinajstić information content (AvgIpc) is 3.55. The lowest BCUT2D eigenvalue weighted by Crippen LogP contribution is -2.45. The van der Waals surface area contributed by atoms with Crippen molar-refractivity contribution < 1.29 is 8.42 Å². The number of rotatable bonds is 6. The van der Waals surface area contributed by atoms with E-state index in [1.807, 2.05) is 36.4 Å². The molecule has 0 aliphatic carbocycles. The number of anilines is 1. The number of hydrogen-bond donors (Lipinski definition) is 1. The number of nitrogens with zero attached hydrogens (tertiary/aromatic N) is 4. The lowest BCUT2D eigenvalue weighted by atomic mass is 10.1. The fourth-order valence-electron chi connectivity index (χ4n) is 4.42. The standard InChI is InChI=1S/C25H23N5O2S2.CH4/c26-13-20-8-9-24-21(11-20)15-30(34(31,32)25-7-4-10-33-25)23(12-19-5-2-1-3-6-19)17-29(24)16-22-14-27-18-28-22;/h1-11,14,18,23H,12,15-17H2,(H,27,28);1H4/t23-;/m1./s1. The van der Waals surface area contributed by atoms with Gasteiger partial charge < -0.3 is 9.88 Å². The number of aromatic nitrogens is 2. The monoisotopic (exact) mass is 505 g/mol. The lowest BCUT2D eigenvalue weighted by molar-refractivity contribution is 0.318. The first kappa shape index (κ1) is 24.7. The summed E-state index contributed by atoms with van der Waals surface area (Å²) in [5, 5.41) is 11.3. The van der Waals surface area contributed by atoms with Crippen molar-refractivity contribution >= 4 is 27.0 Å². The maximum absolute atomic E-state index is 13.8. The zero-order valence-electron chi connectivity index (χ0n) is 18.3. The number of imidazole rings is 1. The Hall–Kier alpha value is -3.45. The van der Waals surface area contributed by atoms with Crippen molar-refractivity contribution in [3.63, 3.8) is 0 Å². The highest BCUT2D eigenvalue weighted by molar-refractivity contribution is 7.91. The van der Waals surface area contributed by atoms with Crippen LogP contribution in [0.2, 0.25) is 0 Å². The summed E-state index contributed by atoms with van der Waals surface area (Å²) in [6.07, 6.45) is 3.99. The van der Waals surface area contributed by atoms with Crippen LogP contribution in [0.4, 0.5) is 5.69 Å². The molecule has 0 saturated carbocycles. The Morgan fingerprint density at radius 1 is 1.14 bits per heavy atom. The first-order valence-electron chi connectivity index (χ1n) is 10.9. The van der Waals surface area contributed by atoms with Crippen molar-refractivity contribution in [1.29, 1.82) is 5.26 Å². The number of H-pyrrole nitrogens is 1. The third kappa shape index (κ3) is 5.15. The van der Waals surface area contributed by atoms with Crippen LogP contribution in [0.15, 0.2) is 82.8 Å². The molecule has 1 atom stereocenters. The lowest BCUT2D eigenvalue weighted by Gasteiger charge is -2.31. The molecule has 1 aliphatic rings. The number of aromatic amines is 1. The number of fused-ring (bicyclic) bond motifs is 1. The molecule has 2 aromatic heterocycles.